The van der Waals surface area contributed by atoms with E-state index in [1.165, 1.54) is 24.2 Å². The number of nitrogens with zero attached hydrogens (tertiary/aromatic N) is 1. The summed E-state index contributed by atoms with van der Waals surface area (Å²) < 4.78 is 0.892. The van der Waals surface area contributed by atoms with Crippen LogP contribution in [0.5, 0.6) is 0 Å². The molecule has 2 rings (SSSR count). The van der Waals surface area contributed by atoms with E-state index >= 15 is 0 Å². The molecule has 60 valence electrons. The van der Waals surface area contributed by atoms with E-state index in [1.807, 2.05) is 0 Å². The zero-order valence-electron chi connectivity index (χ0n) is 5.88. The van der Waals surface area contributed by atoms with Gasteiger partial charge in [-0.2, -0.15) is 0 Å². The number of hydrogen-bond acceptors (Lipinski definition) is 3. The Morgan fingerprint density at radius 1 is 1.64 bits per heavy atom. The first-order valence-corrected chi connectivity index (χ1v) is 5.18. The molecule has 0 spiro atoms. The van der Waals surface area contributed by atoms with Crippen molar-refractivity contribution in [2.75, 3.05) is 0 Å². The van der Waals surface area contributed by atoms with Gasteiger partial charge in [0.2, 0.25) is 0 Å². The van der Waals surface area contributed by atoms with Gasteiger partial charge in [0.15, 0.2) is 3.92 Å². The minimum Gasteiger partial charge on any atom is -0.391 e. The van der Waals surface area contributed by atoms with Crippen LogP contribution in [0.1, 0.15) is 29.3 Å². The summed E-state index contributed by atoms with van der Waals surface area (Å²) in [4.78, 5) is 5.35. The lowest BCUT2D eigenvalue weighted by atomic mass is 10.3. The molecule has 1 saturated carbocycles. The van der Waals surface area contributed by atoms with E-state index in [-0.39, 0.29) is 6.61 Å². The molecule has 1 aromatic heterocycles. The molecule has 11 heavy (non-hydrogen) atoms. The number of aliphatic hydroxyl groups is 1. The first-order valence-electron chi connectivity index (χ1n) is 3.57. The summed E-state index contributed by atoms with van der Waals surface area (Å²) in [6.45, 7) is 0.134. The second-order valence-corrected chi connectivity index (χ2v) is 5.07. The summed E-state index contributed by atoms with van der Waals surface area (Å²) in [5, 5.41) is 8.96. The number of rotatable bonds is 2. The van der Waals surface area contributed by atoms with Gasteiger partial charge in [0.1, 0.15) is 0 Å². The Kier molecular flexibility index (Phi) is 1.99. The molecule has 0 atom stereocenters. The number of thiazole rings is 1. The molecule has 1 fully saturated rings. The Morgan fingerprint density at radius 2 is 2.36 bits per heavy atom. The standard InChI is InChI=1S/C7H8BrNOS/c8-7-9-6(4-1-2-4)5(3-10)11-7/h4,10H,1-3H2. The second-order valence-electron chi connectivity index (χ2n) is 2.71. The van der Waals surface area contributed by atoms with Gasteiger partial charge in [-0.25, -0.2) is 4.98 Å². The fourth-order valence-corrected chi connectivity index (χ4v) is 2.63. The van der Waals surface area contributed by atoms with E-state index in [9.17, 15) is 0 Å². The summed E-state index contributed by atoms with van der Waals surface area (Å²) in [5.74, 6) is 0.639. The molecule has 0 aliphatic heterocycles. The molecule has 0 bridgehead atoms. The Hall–Kier alpha value is 0.0700. The van der Waals surface area contributed by atoms with Crippen molar-refractivity contribution in [2.45, 2.75) is 25.4 Å². The van der Waals surface area contributed by atoms with Crippen LogP contribution in [-0.4, -0.2) is 10.1 Å². The first-order chi connectivity index (χ1) is 5.31. The van der Waals surface area contributed by atoms with Gasteiger partial charge in [-0.1, -0.05) is 0 Å². The van der Waals surface area contributed by atoms with Crippen molar-refractivity contribution in [1.29, 1.82) is 0 Å². The van der Waals surface area contributed by atoms with Gasteiger partial charge in [0, 0.05) is 5.92 Å². The highest BCUT2D eigenvalue weighted by molar-refractivity contribution is 9.11. The van der Waals surface area contributed by atoms with Crippen molar-refractivity contribution >= 4 is 27.3 Å². The van der Waals surface area contributed by atoms with Crippen molar-refractivity contribution < 1.29 is 5.11 Å². The summed E-state index contributed by atoms with van der Waals surface area (Å²) in [6.07, 6.45) is 2.48. The van der Waals surface area contributed by atoms with E-state index in [2.05, 4.69) is 20.9 Å². The monoisotopic (exact) mass is 233 g/mol. The van der Waals surface area contributed by atoms with Crippen molar-refractivity contribution in [1.82, 2.24) is 4.98 Å². The Labute approximate surface area is 77.4 Å². The van der Waals surface area contributed by atoms with E-state index in [4.69, 9.17) is 5.11 Å². The van der Waals surface area contributed by atoms with E-state index in [0.717, 1.165) is 14.5 Å². The molecular formula is C7H8BrNOS. The van der Waals surface area contributed by atoms with E-state index in [0.29, 0.717) is 5.92 Å². The lowest BCUT2D eigenvalue weighted by Gasteiger charge is -1.92. The van der Waals surface area contributed by atoms with Crippen LogP contribution in [0.2, 0.25) is 0 Å². The average molecular weight is 234 g/mol. The van der Waals surface area contributed by atoms with Crippen LogP contribution in [-0.2, 0) is 6.61 Å². The molecule has 1 aliphatic rings. The number of halogens is 1. The molecule has 0 radical (unpaired) electrons. The number of aromatic nitrogens is 1. The fraction of sp³-hybridized carbons (Fsp3) is 0.571. The van der Waals surface area contributed by atoms with Gasteiger partial charge in [-0.15, -0.1) is 11.3 Å². The third-order valence-electron chi connectivity index (χ3n) is 1.81. The van der Waals surface area contributed by atoms with Gasteiger partial charge in [-0.05, 0) is 28.8 Å². The van der Waals surface area contributed by atoms with Crippen molar-refractivity contribution in [3.8, 4) is 0 Å². The smallest absolute Gasteiger partial charge is 0.159 e. The minimum atomic E-state index is 0.134. The lowest BCUT2D eigenvalue weighted by molar-refractivity contribution is 0.284. The number of hydrogen-bond donors (Lipinski definition) is 1. The molecule has 1 aliphatic carbocycles. The SMILES string of the molecule is OCc1sc(Br)nc1C1CC1. The average Bonchev–Trinajstić information content (AvgIpc) is 2.75. The summed E-state index contributed by atoms with van der Waals surface area (Å²) >= 11 is 4.85. The summed E-state index contributed by atoms with van der Waals surface area (Å²) in [5.41, 5.74) is 1.12. The summed E-state index contributed by atoms with van der Waals surface area (Å²) in [7, 11) is 0. The molecule has 0 aromatic carbocycles. The van der Waals surface area contributed by atoms with Crippen LogP contribution in [0.3, 0.4) is 0 Å². The van der Waals surface area contributed by atoms with Crippen LogP contribution in [0, 0.1) is 0 Å². The topological polar surface area (TPSA) is 33.1 Å². The maximum atomic E-state index is 8.96. The third kappa shape index (κ3) is 1.48. The maximum absolute atomic E-state index is 8.96. The normalized spacial score (nSPS) is 17.3. The molecule has 4 heteroatoms. The summed E-state index contributed by atoms with van der Waals surface area (Å²) in [6, 6.07) is 0. The van der Waals surface area contributed by atoms with Crippen LogP contribution >= 0.6 is 27.3 Å². The minimum absolute atomic E-state index is 0.134. The highest BCUT2D eigenvalue weighted by Gasteiger charge is 2.28. The van der Waals surface area contributed by atoms with Crippen LogP contribution in [0.15, 0.2) is 3.92 Å². The van der Waals surface area contributed by atoms with Gasteiger partial charge in [-0.3, -0.25) is 0 Å². The van der Waals surface area contributed by atoms with Crippen LogP contribution in [0.4, 0.5) is 0 Å². The van der Waals surface area contributed by atoms with Gasteiger partial charge in [0.05, 0.1) is 17.2 Å². The molecule has 0 unspecified atom stereocenters. The largest absolute Gasteiger partial charge is 0.391 e. The molecule has 1 heterocycles. The van der Waals surface area contributed by atoms with Gasteiger partial charge >= 0.3 is 0 Å². The highest BCUT2D eigenvalue weighted by atomic mass is 79.9. The van der Waals surface area contributed by atoms with Crippen molar-refractivity contribution in [3.63, 3.8) is 0 Å². The van der Waals surface area contributed by atoms with Gasteiger partial charge < -0.3 is 5.11 Å². The van der Waals surface area contributed by atoms with E-state index < -0.39 is 0 Å². The molecule has 1 aromatic rings. The first kappa shape index (κ1) is 7.71. The molecule has 0 saturated heterocycles. The number of aliphatic hydroxyl groups excluding tert-OH is 1. The van der Waals surface area contributed by atoms with E-state index in [1.54, 1.807) is 0 Å². The maximum Gasteiger partial charge on any atom is 0.159 e. The van der Waals surface area contributed by atoms with Crippen LogP contribution < -0.4 is 0 Å². The predicted octanol–water partition coefficient (Wildman–Crippen LogP) is 2.28. The Morgan fingerprint density at radius 3 is 2.91 bits per heavy atom. The zero-order valence-corrected chi connectivity index (χ0v) is 8.28. The third-order valence-corrected chi connectivity index (χ3v) is 3.32. The zero-order chi connectivity index (χ0) is 7.84. The fourth-order valence-electron chi connectivity index (χ4n) is 1.12. The van der Waals surface area contributed by atoms with Gasteiger partial charge in [0.25, 0.3) is 0 Å². The highest BCUT2D eigenvalue weighted by Crippen LogP contribution is 2.43. The predicted molar refractivity (Wildman–Crippen MR) is 47.7 cm³/mol. The Balaban J connectivity index is 2.34. The molecular weight excluding hydrogens is 226 g/mol. The van der Waals surface area contributed by atoms with Crippen molar-refractivity contribution in [3.05, 3.63) is 14.5 Å². The molecule has 1 N–H and O–H groups in total. The quantitative estimate of drug-likeness (QED) is 0.851. The Bertz CT molecular complexity index is 269. The molecule has 0 amide bonds. The van der Waals surface area contributed by atoms with Crippen LogP contribution in [0.25, 0.3) is 0 Å². The second kappa shape index (κ2) is 2.84. The molecule has 2 nitrogen and oxygen atoms in total. The lowest BCUT2D eigenvalue weighted by Crippen LogP contribution is -1.86. The van der Waals surface area contributed by atoms with Crippen molar-refractivity contribution in [2.24, 2.45) is 0 Å².